The maximum Gasteiger partial charge on any atom is 0.254 e. The van der Waals surface area contributed by atoms with Crippen LogP contribution in [0, 0.1) is 5.92 Å². The Morgan fingerprint density at radius 1 is 1.56 bits per heavy atom. The van der Waals surface area contributed by atoms with Gasteiger partial charge in [0.1, 0.15) is 16.5 Å². The van der Waals surface area contributed by atoms with E-state index in [9.17, 15) is 0 Å². The summed E-state index contributed by atoms with van der Waals surface area (Å²) in [5, 5.41) is 5.59. The molecule has 0 saturated heterocycles. The van der Waals surface area contributed by atoms with E-state index in [1.54, 1.807) is 16.3 Å². The molecule has 0 radical (unpaired) electrons. The van der Waals surface area contributed by atoms with Crippen LogP contribution in [0.2, 0.25) is 5.15 Å². The first kappa shape index (κ1) is 11.7. The van der Waals surface area contributed by atoms with E-state index in [2.05, 4.69) is 28.9 Å². The first-order valence-electron chi connectivity index (χ1n) is 5.19. The fourth-order valence-corrected chi connectivity index (χ4v) is 2.59. The molecule has 0 aliphatic rings. The molecule has 0 amide bonds. The minimum absolute atomic E-state index is 0.465. The highest BCUT2D eigenvalue weighted by atomic mass is 35.5. The molecule has 2 aromatic rings. The van der Waals surface area contributed by atoms with Crippen LogP contribution in [-0.4, -0.2) is 25.3 Å². The second kappa shape index (κ2) is 5.01. The lowest BCUT2D eigenvalue weighted by atomic mass is 10.2. The van der Waals surface area contributed by atoms with Gasteiger partial charge < -0.3 is 0 Å². The smallest absolute Gasteiger partial charge is 0.199 e. The highest BCUT2D eigenvalue weighted by molar-refractivity contribution is 7.99. The average Bonchev–Trinajstić information content (AvgIpc) is 2.73. The highest BCUT2D eigenvalue weighted by Crippen LogP contribution is 2.23. The lowest BCUT2D eigenvalue weighted by Crippen LogP contribution is -2.00. The van der Waals surface area contributed by atoms with Gasteiger partial charge in [-0.3, -0.25) is 0 Å². The van der Waals surface area contributed by atoms with Gasteiger partial charge in [0.05, 0.1) is 0 Å². The first-order valence-corrected chi connectivity index (χ1v) is 6.56. The Balaban J connectivity index is 2.25. The van der Waals surface area contributed by atoms with Crippen molar-refractivity contribution in [1.82, 2.24) is 19.6 Å². The molecule has 2 rings (SSSR count). The molecule has 0 N–H and O–H groups in total. The van der Waals surface area contributed by atoms with Crippen LogP contribution in [0.4, 0.5) is 0 Å². The zero-order valence-corrected chi connectivity index (χ0v) is 10.8. The molecular formula is C10H13ClN4S. The van der Waals surface area contributed by atoms with E-state index >= 15 is 0 Å². The average molecular weight is 257 g/mol. The molecule has 0 spiro atoms. The van der Waals surface area contributed by atoms with Gasteiger partial charge in [0.15, 0.2) is 0 Å². The Labute approximate surface area is 103 Å². The van der Waals surface area contributed by atoms with Crippen LogP contribution in [0.15, 0.2) is 17.4 Å². The second-order valence-electron chi connectivity index (χ2n) is 3.71. The van der Waals surface area contributed by atoms with Crippen LogP contribution >= 0.6 is 23.4 Å². The number of fused-ring (bicyclic) bond motifs is 1. The quantitative estimate of drug-likeness (QED) is 0.623. The minimum atomic E-state index is 0.465. The van der Waals surface area contributed by atoms with Crippen molar-refractivity contribution in [2.75, 3.05) is 5.75 Å². The summed E-state index contributed by atoms with van der Waals surface area (Å²) in [4.78, 5) is 8.12. The zero-order chi connectivity index (χ0) is 11.5. The highest BCUT2D eigenvalue weighted by Gasteiger charge is 2.08. The van der Waals surface area contributed by atoms with Crippen LogP contribution < -0.4 is 0 Å². The summed E-state index contributed by atoms with van der Waals surface area (Å²) >= 11 is 7.66. The Hall–Kier alpha value is -0.810. The Morgan fingerprint density at radius 3 is 3.12 bits per heavy atom. The molecule has 16 heavy (non-hydrogen) atoms. The molecule has 2 aromatic heterocycles. The van der Waals surface area contributed by atoms with Gasteiger partial charge in [-0.1, -0.05) is 31.9 Å². The molecule has 2 heterocycles. The molecule has 6 heteroatoms. The molecule has 0 aromatic carbocycles. The summed E-state index contributed by atoms with van der Waals surface area (Å²) in [6.45, 7) is 4.42. The number of hydrogen-bond donors (Lipinski definition) is 0. The van der Waals surface area contributed by atoms with Gasteiger partial charge in [-0.25, -0.2) is 0 Å². The van der Waals surface area contributed by atoms with Crippen molar-refractivity contribution < 1.29 is 0 Å². The molecular weight excluding hydrogens is 244 g/mol. The van der Waals surface area contributed by atoms with E-state index in [0.717, 1.165) is 10.8 Å². The predicted molar refractivity (Wildman–Crippen MR) is 66.0 cm³/mol. The third-order valence-corrected chi connectivity index (χ3v) is 3.92. The van der Waals surface area contributed by atoms with Gasteiger partial charge in [-0.05, 0) is 5.92 Å². The minimum Gasteiger partial charge on any atom is -0.199 e. The summed E-state index contributed by atoms with van der Waals surface area (Å²) in [5.74, 6) is 2.28. The fourth-order valence-electron chi connectivity index (χ4n) is 1.21. The molecule has 0 bridgehead atoms. The van der Waals surface area contributed by atoms with Crippen LogP contribution in [0.3, 0.4) is 0 Å². The molecule has 86 valence electrons. The number of aromatic nitrogens is 4. The van der Waals surface area contributed by atoms with E-state index in [1.165, 1.54) is 12.7 Å². The summed E-state index contributed by atoms with van der Waals surface area (Å²) in [6.07, 6.45) is 2.66. The largest absolute Gasteiger partial charge is 0.254 e. The fraction of sp³-hybridized carbons (Fsp3) is 0.500. The van der Waals surface area contributed by atoms with Gasteiger partial charge in [-0.2, -0.15) is 19.6 Å². The molecule has 0 aliphatic carbocycles. The van der Waals surface area contributed by atoms with E-state index < -0.39 is 0 Å². The third-order valence-electron chi connectivity index (χ3n) is 2.40. The third kappa shape index (κ3) is 2.47. The SMILES string of the molecule is CCC(C)CSc1cc(Cl)nc2ncnn12. The lowest BCUT2D eigenvalue weighted by molar-refractivity contribution is 0.636. The lowest BCUT2D eigenvalue weighted by Gasteiger charge is -2.08. The Morgan fingerprint density at radius 2 is 2.38 bits per heavy atom. The van der Waals surface area contributed by atoms with Gasteiger partial charge in [0, 0.05) is 11.8 Å². The first-order chi connectivity index (χ1) is 7.70. The van der Waals surface area contributed by atoms with Crippen molar-refractivity contribution in [3.63, 3.8) is 0 Å². The van der Waals surface area contributed by atoms with E-state index in [4.69, 9.17) is 11.6 Å². The van der Waals surface area contributed by atoms with Gasteiger partial charge in [-0.15, -0.1) is 11.8 Å². The molecule has 0 fully saturated rings. The summed E-state index contributed by atoms with van der Waals surface area (Å²) in [7, 11) is 0. The molecule has 4 nitrogen and oxygen atoms in total. The van der Waals surface area contributed by atoms with Crippen molar-refractivity contribution in [3.05, 3.63) is 17.5 Å². The van der Waals surface area contributed by atoms with Gasteiger partial charge in [0.25, 0.3) is 5.78 Å². The van der Waals surface area contributed by atoms with Crippen LogP contribution in [0.5, 0.6) is 0 Å². The molecule has 0 saturated carbocycles. The van der Waals surface area contributed by atoms with Crippen molar-refractivity contribution in [2.45, 2.75) is 25.3 Å². The normalized spacial score (nSPS) is 13.2. The molecule has 1 atom stereocenters. The Kier molecular flexibility index (Phi) is 3.66. The topological polar surface area (TPSA) is 43.1 Å². The maximum absolute atomic E-state index is 5.92. The van der Waals surface area contributed by atoms with Crippen molar-refractivity contribution in [2.24, 2.45) is 5.92 Å². The predicted octanol–water partition coefficient (Wildman–Crippen LogP) is 2.92. The zero-order valence-electron chi connectivity index (χ0n) is 9.22. The summed E-state index contributed by atoms with van der Waals surface area (Å²) < 4.78 is 1.72. The van der Waals surface area contributed by atoms with Crippen molar-refractivity contribution in [1.29, 1.82) is 0 Å². The van der Waals surface area contributed by atoms with Crippen LogP contribution in [0.25, 0.3) is 5.78 Å². The monoisotopic (exact) mass is 256 g/mol. The maximum atomic E-state index is 5.92. The van der Waals surface area contributed by atoms with Crippen LogP contribution in [-0.2, 0) is 0 Å². The number of rotatable bonds is 4. The summed E-state index contributed by atoms with van der Waals surface area (Å²) in [5.41, 5.74) is 0. The van der Waals surface area contributed by atoms with Crippen molar-refractivity contribution in [3.8, 4) is 0 Å². The Bertz CT molecular complexity index is 485. The van der Waals surface area contributed by atoms with Crippen LogP contribution in [0.1, 0.15) is 20.3 Å². The van der Waals surface area contributed by atoms with E-state index in [-0.39, 0.29) is 0 Å². The van der Waals surface area contributed by atoms with Gasteiger partial charge in [0.2, 0.25) is 0 Å². The number of halogens is 1. The number of thioether (sulfide) groups is 1. The summed E-state index contributed by atoms with van der Waals surface area (Å²) in [6, 6.07) is 1.83. The number of hydrogen-bond acceptors (Lipinski definition) is 4. The van der Waals surface area contributed by atoms with E-state index in [0.29, 0.717) is 16.8 Å². The van der Waals surface area contributed by atoms with Gasteiger partial charge >= 0.3 is 0 Å². The second-order valence-corrected chi connectivity index (χ2v) is 5.14. The van der Waals surface area contributed by atoms with Crippen molar-refractivity contribution >= 4 is 29.1 Å². The molecule has 0 aliphatic heterocycles. The number of nitrogens with zero attached hydrogens (tertiary/aromatic N) is 4. The molecule has 1 unspecified atom stereocenters. The standard InChI is InChI=1S/C10H13ClN4S/c1-3-7(2)5-16-9-4-8(11)14-10-12-6-13-15(9)10/h4,6-7H,3,5H2,1-2H3. The van der Waals surface area contributed by atoms with E-state index in [1.807, 2.05) is 6.07 Å².